The summed E-state index contributed by atoms with van der Waals surface area (Å²) >= 11 is 0. The van der Waals surface area contributed by atoms with Crippen LogP contribution in [0, 0.1) is 0 Å². The first-order chi connectivity index (χ1) is 5.49. The first kappa shape index (κ1) is 9.88. The zero-order chi connectivity index (χ0) is 9.35. The van der Waals surface area contributed by atoms with Crippen molar-refractivity contribution in [3.63, 3.8) is 0 Å². The Bertz CT molecular complexity index is 162. The molecule has 4 N–H and O–H groups in total. The largest absolute Gasteiger partial charge is 0.391 e. The number of aliphatic hydroxyl groups is 4. The summed E-state index contributed by atoms with van der Waals surface area (Å²) in [7, 11) is 0. The lowest BCUT2D eigenvalue weighted by molar-refractivity contribution is -0.329. The molecule has 0 aromatic rings. The fourth-order valence-electron chi connectivity index (χ4n) is 1.37. The van der Waals surface area contributed by atoms with Gasteiger partial charge in [0.1, 0.15) is 6.10 Å². The van der Waals surface area contributed by atoms with E-state index in [2.05, 4.69) is 0 Å². The van der Waals surface area contributed by atoms with Gasteiger partial charge in [0.05, 0.1) is 18.8 Å². The highest BCUT2D eigenvalue weighted by Gasteiger charge is 2.46. The summed E-state index contributed by atoms with van der Waals surface area (Å²) in [6.07, 6.45) is -2.62. The van der Waals surface area contributed by atoms with Gasteiger partial charge in [0.25, 0.3) is 0 Å². The van der Waals surface area contributed by atoms with Crippen molar-refractivity contribution in [3.05, 3.63) is 0 Å². The van der Waals surface area contributed by atoms with Gasteiger partial charge in [0.2, 0.25) is 5.79 Å². The molecule has 0 bridgehead atoms. The Labute approximate surface area is 70.2 Å². The first-order valence-electron chi connectivity index (χ1n) is 3.87. The van der Waals surface area contributed by atoms with Gasteiger partial charge in [-0.3, -0.25) is 0 Å². The molecule has 12 heavy (non-hydrogen) atoms. The second kappa shape index (κ2) is 3.27. The smallest absolute Gasteiger partial charge is 0.218 e. The minimum absolute atomic E-state index is 0.253. The lowest BCUT2D eigenvalue weighted by Gasteiger charge is -2.41. The summed E-state index contributed by atoms with van der Waals surface area (Å²) in [5.41, 5.74) is 0. The van der Waals surface area contributed by atoms with Crippen LogP contribution < -0.4 is 0 Å². The van der Waals surface area contributed by atoms with E-state index in [-0.39, 0.29) is 12.5 Å². The van der Waals surface area contributed by atoms with E-state index in [1.165, 1.54) is 0 Å². The lowest BCUT2D eigenvalue weighted by atomic mass is 9.96. The Balaban J connectivity index is 2.72. The Morgan fingerprint density at radius 2 is 2.08 bits per heavy atom. The van der Waals surface area contributed by atoms with Gasteiger partial charge in [-0.2, -0.15) is 0 Å². The molecule has 1 fully saturated rings. The summed E-state index contributed by atoms with van der Waals surface area (Å²) in [6.45, 7) is 0.922. The van der Waals surface area contributed by atoms with Crippen molar-refractivity contribution in [3.8, 4) is 0 Å². The molecule has 0 aromatic heterocycles. The molecule has 5 heteroatoms. The van der Waals surface area contributed by atoms with Gasteiger partial charge in [-0.15, -0.1) is 0 Å². The third-order valence-electron chi connectivity index (χ3n) is 2.03. The highest BCUT2D eigenvalue weighted by molar-refractivity contribution is 4.88. The van der Waals surface area contributed by atoms with Crippen LogP contribution in [0.1, 0.15) is 13.3 Å². The molecule has 72 valence electrons. The highest BCUT2D eigenvalue weighted by Crippen LogP contribution is 2.26. The van der Waals surface area contributed by atoms with Crippen LogP contribution in [0.15, 0.2) is 0 Å². The number of hydrogen-bond acceptors (Lipinski definition) is 5. The summed E-state index contributed by atoms with van der Waals surface area (Å²) < 4.78 is 4.90. The van der Waals surface area contributed by atoms with Crippen LogP contribution >= 0.6 is 0 Å². The number of ether oxygens (including phenoxy) is 1. The van der Waals surface area contributed by atoms with Crippen molar-refractivity contribution in [2.45, 2.75) is 37.4 Å². The molecule has 1 rings (SSSR count). The Hall–Kier alpha value is -0.200. The van der Waals surface area contributed by atoms with Crippen LogP contribution in [-0.2, 0) is 4.74 Å². The van der Waals surface area contributed by atoms with Gasteiger partial charge in [-0.1, -0.05) is 0 Å². The van der Waals surface area contributed by atoms with Crippen molar-refractivity contribution in [2.24, 2.45) is 0 Å². The fraction of sp³-hybridized carbons (Fsp3) is 1.00. The van der Waals surface area contributed by atoms with E-state index in [0.717, 1.165) is 0 Å². The van der Waals surface area contributed by atoms with Crippen molar-refractivity contribution in [1.82, 2.24) is 0 Å². The minimum Gasteiger partial charge on any atom is -0.391 e. The molecule has 0 radical (unpaired) electrons. The monoisotopic (exact) mass is 178 g/mol. The Kier molecular flexibility index (Phi) is 2.70. The average molecular weight is 178 g/mol. The number of aliphatic hydroxyl groups excluding tert-OH is 3. The van der Waals surface area contributed by atoms with Crippen LogP contribution in [0.3, 0.4) is 0 Å². The van der Waals surface area contributed by atoms with E-state index in [9.17, 15) is 15.3 Å². The van der Waals surface area contributed by atoms with Gasteiger partial charge >= 0.3 is 0 Å². The third kappa shape index (κ3) is 1.60. The van der Waals surface area contributed by atoms with Crippen molar-refractivity contribution >= 4 is 0 Å². The van der Waals surface area contributed by atoms with Crippen LogP contribution in [0.5, 0.6) is 0 Å². The number of hydrogen-bond donors (Lipinski definition) is 4. The molecular weight excluding hydrogens is 164 g/mol. The molecule has 1 aliphatic rings. The number of rotatable bonds is 1. The SMILES string of the molecule is C[C@@H]1C[C@@H](O)[C@H](O)[C@@](O)(CO)O1. The molecule has 0 amide bonds. The predicted octanol–water partition coefficient (Wildman–Crippen LogP) is -1.80. The quantitative estimate of drug-likeness (QED) is 0.380. The molecule has 0 unspecified atom stereocenters. The highest BCUT2D eigenvalue weighted by atomic mass is 16.7. The topological polar surface area (TPSA) is 90.2 Å². The summed E-state index contributed by atoms with van der Waals surface area (Å²) in [6, 6.07) is 0. The molecule has 0 aromatic carbocycles. The molecule has 0 saturated carbocycles. The average Bonchev–Trinajstić information content (AvgIpc) is 2.00. The molecule has 4 atom stereocenters. The van der Waals surface area contributed by atoms with E-state index < -0.39 is 24.6 Å². The molecule has 0 spiro atoms. The van der Waals surface area contributed by atoms with Gasteiger partial charge in [-0.05, 0) is 6.92 Å². The molecule has 0 aliphatic carbocycles. The van der Waals surface area contributed by atoms with E-state index in [1.807, 2.05) is 0 Å². The van der Waals surface area contributed by atoms with Crippen molar-refractivity contribution < 1.29 is 25.2 Å². The van der Waals surface area contributed by atoms with Gasteiger partial charge in [0, 0.05) is 6.42 Å². The molecule has 1 aliphatic heterocycles. The lowest BCUT2D eigenvalue weighted by Crippen LogP contribution is -2.59. The maximum absolute atomic E-state index is 9.41. The third-order valence-corrected chi connectivity index (χ3v) is 2.03. The van der Waals surface area contributed by atoms with Gasteiger partial charge < -0.3 is 25.2 Å². The first-order valence-corrected chi connectivity index (χ1v) is 3.87. The fourth-order valence-corrected chi connectivity index (χ4v) is 1.37. The van der Waals surface area contributed by atoms with Crippen LogP contribution in [0.25, 0.3) is 0 Å². The minimum atomic E-state index is -2.02. The standard InChI is InChI=1S/C7H14O5/c1-4-2-5(9)6(10)7(11,3-8)12-4/h4-6,8-11H,2-3H2,1H3/t4-,5-,6+,7-/m1/s1. The van der Waals surface area contributed by atoms with Crippen LogP contribution in [0.2, 0.25) is 0 Å². The van der Waals surface area contributed by atoms with Gasteiger partial charge in [-0.25, -0.2) is 0 Å². The maximum Gasteiger partial charge on any atom is 0.218 e. The van der Waals surface area contributed by atoms with Crippen LogP contribution in [0.4, 0.5) is 0 Å². The van der Waals surface area contributed by atoms with E-state index in [0.29, 0.717) is 0 Å². The molecule has 1 heterocycles. The molecule has 5 nitrogen and oxygen atoms in total. The van der Waals surface area contributed by atoms with Crippen LogP contribution in [-0.4, -0.2) is 51.1 Å². The van der Waals surface area contributed by atoms with Crippen molar-refractivity contribution in [1.29, 1.82) is 0 Å². The van der Waals surface area contributed by atoms with E-state index >= 15 is 0 Å². The predicted molar refractivity (Wildman–Crippen MR) is 39.2 cm³/mol. The second-order valence-electron chi connectivity index (χ2n) is 3.18. The molecule has 1 saturated heterocycles. The van der Waals surface area contributed by atoms with E-state index in [4.69, 9.17) is 9.84 Å². The normalized spacial score (nSPS) is 49.2. The van der Waals surface area contributed by atoms with Crippen molar-refractivity contribution in [2.75, 3.05) is 6.61 Å². The second-order valence-corrected chi connectivity index (χ2v) is 3.18. The summed E-state index contributed by atoms with van der Waals surface area (Å²) in [5, 5.41) is 36.6. The maximum atomic E-state index is 9.41. The summed E-state index contributed by atoms with van der Waals surface area (Å²) in [5.74, 6) is -2.02. The Morgan fingerprint density at radius 1 is 1.50 bits per heavy atom. The zero-order valence-electron chi connectivity index (χ0n) is 6.84. The van der Waals surface area contributed by atoms with Gasteiger partial charge in [0.15, 0.2) is 0 Å². The Morgan fingerprint density at radius 3 is 2.58 bits per heavy atom. The summed E-state index contributed by atoms with van der Waals surface area (Å²) in [4.78, 5) is 0. The van der Waals surface area contributed by atoms with E-state index in [1.54, 1.807) is 6.92 Å². The molecular formula is C7H14O5. The zero-order valence-corrected chi connectivity index (χ0v) is 6.84.